The summed E-state index contributed by atoms with van der Waals surface area (Å²) in [5.41, 5.74) is 0.539. The molecule has 3 rings (SSSR count). The van der Waals surface area contributed by atoms with Crippen LogP contribution in [-0.4, -0.2) is 32.0 Å². The summed E-state index contributed by atoms with van der Waals surface area (Å²) in [6.07, 6.45) is 2.97. The number of thiophene rings is 1. The minimum Gasteiger partial charge on any atom is -0.468 e. The molecule has 11 heteroatoms. The van der Waals surface area contributed by atoms with Crippen LogP contribution in [0.3, 0.4) is 0 Å². The molecule has 2 N–H and O–H groups in total. The van der Waals surface area contributed by atoms with Gasteiger partial charge in [-0.2, -0.15) is 4.99 Å². The monoisotopic (exact) mass is 437 g/mol. The van der Waals surface area contributed by atoms with Gasteiger partial charge in [-0.3, -0.25) is 9.59 Å². The fourth-order valence-electron chi connectivity index (χ4n) is 2.33. The van der Waals surface area contributed by atoms with Crippen molar-refractivity contribution in [2.75, 3.05) is 7.11 Å². The Balaban J connectivity index is 2.09. The van der Waals surface area contributed by atoms with Crippen molar-refractivity contribution in [2.45, 2.75) is 11.4 Å². The molecule has 0 fully saturated rings. The Bertz CT molecular complexity index is 1230. The first kappa shape index (κ1) is 20.1. The molecule has 0 atom stereocenters. The highest BCUT2D eigenvalue weighted by atomic mass is 32.2. The van der Waals surface area contributed by atoms with E-state index in [1.165, 1.54) is 47.3 Å². The SMILES string of the molecule is COC(=O)Cn1c(=NC(=O)C=Cc2cccs2)sc2cc(S(N)(=O)=O)ccc21. The quantitative estimate of drug-likeness (QED) is 0.481. The van der Waals surface area contributed by atoms with E-state index in [2.05, 4.69) is 4.99 Å². The van der Waals surface area contributed by atoms with E-state index in [9.17, 15) is 18.0 Å². The van der Waals surface area contributed by atoms with Crippen LogP contribution in [0.2, 0.25) is 0 Å². The van der Waals surface area contributed by atoms with Gasteiger partial charge in [-0.15, -0.1) is 11.3 Å². The maximum Gasteiger partial charge on any atom is 0.325 e. The summed E-state index contributed by atoms with van der Waals surface area (Å²) in [6, 6.07) is 7.96. The van der Waals surface area contributed by atoms with E-state index in [0.717, 1.165) is 16.2 Å². The molecule has 1 amide bonds. The number of aromatic nitrogens is 1. The second-order valence-electron chi connectivity index (χ2n) is 5.52. The van der Waals surface area contributed by atoms with Crippen LogP contribution < -0.4 is 9.94 Å². The maximum absolute atomic E-state index is 12.2. The van der Waals surface area contributed by atoms with Crippen LogP contribution in [0.1, 0.15) is 4.88 Å². The summed E-state index contributed by atoms with van der Waals surface area (Å²) in [5.74, 6) is -1.04. The maximum atomic E-state index is 12.2. The molecule has 28 heavy (non-hydrogen) atoms. The van der Waals surface area contributed by atoms with Crippen LogP contribution in [0.15, 0.2) is 51.7 Å². The summed E-state index contributed by atoms with van der Waals surface area (Å²) in [4.78, 5) is 29.1. The molecular weight excluding hydrogens is 422 g/mol. The largest absolute Gasteiger partial charge is 0.468 e. The number of fused-ring (bicyclic) bond motifs is 1. The Hall–Kier alpha value is -2.60. The van der Waals surface area contributed by atoms with Gasteiger partial charge >= 0.3 is 5.97 Å². The molecule has 0 spiro atoms. The van der Waals surface area contributed by atoms with Crippen LogP contribution in [0, 0.1) is 0 Å². The summed E-state index contributed by atoms with van der Waals surface area (Å²) in [5, 5.41) is 7.06. The number of hydrogen-bond acceptors (Lipinski definition) is 7. The van der Waals surface area contributed by atoms with E-state index in [-0.39, 0.29) is 16.2 Å². The van der Waals surface area contributed by atoms with Crippen molar-refractivity contribution in [1.29, 1.82) is 0 Å². The number of nitrogens with zero attached hydrogens (tertiary/aromatic N) is 2. The number of ether oxygens (including phenoxy) is 1. The lowest BCUT2D eigenvalue weighted by atomic mass is 10.3. The number of rotatable bonds is 5. The molecule has 1 aromatic carbocycles. The van der Waals surface area contributed by atoms with Crippen molar-refractivity contribution in [3.8, 4) is 0 Å². The number of carbonyl (C=O) groups is 2. The topological polar surface area (TPSA) is 121 Å². The average Bonchev–Trinajstić information content (AvgIpc) is 3.27. The Kier molecular flexibility index (Phi) is 5.89. The number of methoxy groups -OCH3 is 1. The van der Waals surface area contributed by atoms with Crippen molar-refractivity contribution in [2.24, 2.45) is 10.1 Å². The summed E-state index contributed by atoms with van der Waals surface area (Å²) in [6.45, 7) is -0.175. The number of benzene rings is 1. The van der Waals surface area contributed by atoms with E-state index in [0.29, 0.717) is 10.2 Å². The average molecular weight is 438 g/mol. The first-order valence-corrected chi connectivity index (χ1v) is 11.1. The van der Waals surface area contributed by atoms with Crippen molar-refractivity contribution < 1.29 is 22.7 Å². The van der Waals surface area contributed by atoms with Gasteiger partial charge < -0.3 is 9.30 Å². The standard InChI is InChI=1S/C17H15N3O5S3/c1-25-16(22)10-20-13-6-5-12(28(18,23)24)9-14(13)27-17(20)19-15(21)7-4-11-3-2-8-26-11/h2-9H,10H2,1H3,(H2,18,23,24). The minimum atomic E-state index is -3.88. The zero-order valence-electron chi connectivity index (χ0n) is 14.6. The minimum absolute atomic E-state index is 0.0677. The molecule has 0 saturated heterocycles. The molecule has 0 aliphatic carbocycles. The van der Waals surface area contributed by atoms with Gasteiger partial charge in [0.15, 0.2) is 4.80 Å². The lowest BCUT2D eigenvalue weighted by Gasteiger charge is -2.04. The van der Waals surface area contributed by atoms with Gasteiger partial charge in [0.2, 0.25) is 10.0 Å². The molecule has 3 aromatic rings. The van der Waals surface area contributed by atoms with E-state index in [1.54, 1.807) is 6.08 Å². The van der Waals surface area contributed by atoms with Crippen LogP contribution >= 0.6 is 22.7 Å². The van der Waals surface area contributed by atoms with Gasteiger partial charge in [0.05, 0.1) is 22.2 Å². The molecule has 0 aliphatic rings. The molecule has 0 bridgehead atoms. The predicted molar refractivity (Wildman–Crippen MR) is 107 cm³/mol. The Morgan fingerprint density at radius 2 is 2.11 bits per heavy atom. The van der Waals surface area contributed by atoms with Crippen LogP contribution in [0.4, 0.5) is 0 Å². The van der Waals surface area contributed by atoms with Gasteiger partial charge in [-0.1, -0.05) is 17.4 Å². The zero-order valence-corrected chi connectivity index (χ0v) is 17.0. The highest BCUT2D eigenvalue weighted by Crippen LogP contribution is 2.21. The number of amides is 1. The van der Waals surface area contributed by atoms with Gasteiger partial charge in [-0.25, -0.2) is 13.6 Å². The third-order valence-corrected chi connectivity index (χ3v) is 6.43. The van der Waals surface area contributed by atoms with Crippen LogP contribution in [0.5, 0.6) is 0 Å². The Morgan fingerprint density at radius 1 is 1.32 bits per heavy atom. The van der Waals surface area contributed by atoms with Crippen molar-refractivity contribution in [3.05, 3.63) is 51.5 Å². The van der Waals surface area contributed by atoms with Crippen LogP contribution in [0.25, 0.3) is 16.3 Å². The lowest BCUT2D eigenvalue weighted by molar-refractivity contribution is -0.141. The number of thiazole rings is 1. The fraction of sp³-hybridized carbons (Fsp3) is 0.118. The zero-order chi connectivity index (χ0) is 20.3. The number of hydrogen-bond donors (Lipinski definition) is 1. The fourth-order valence-corrected chi connectivity index (χ4v) is 4.64. The number of nitrogens with two attached hydrogens (primary N) is 1. The first-order valence-electron chi connectivity index (χ1n) is 7.81. The number of sulfonamides is 1. The normalized spacial score (nSPS) is 12.7. The van der Waals surface area contributed by atoms with Gasteiger partial charge in [-0.05, 0) is 35.7 Å². The molecule has 0 radical (unpaired) electrons. The van der Waals surface area contributed by atoms with E-state index >= 15 is 0 Å². The van der Waals surface area contributed by atoms with Crippen molar-refractivity contribution in [3.63, 3.8) is 0 Å². The highest BCUT2D eigenvalue weighted by molar-refractivity contribution is 7.89. The predicted octanol–water partition coefficient (Wildman–Crippen LogP) is 1.73. The smallest absolute Gasteiger partial charge is 0.325 e. The van der Waals surface area contributed by atoms with E-state index in [4.69, 9.17) is 9.88 Å². The molecule has 0 unspecified atom stereocenters. The number of esters is 1. The summed E-state index contributed by atoms with van der Waals surface area (Å²) >= 11 is 2.55. The van der Waals surface area contributed by atoms with Gasteiger partial charge in [0.1, 0.15) is 6.54 Å². The number of primary sulfonamides is 1. The first-order chi connectivity index (χ1) is 13.3. The second kappa shape index (κ2) is 8.19. The summed E-state index contributed by atoms with van der Waals surface area (Å²) < 4.78 is 29.9. The molecule has 8 nitrogen and oxygen atoms in total. The molecular formula is C17H15N3O5S3. The van der Waals surface area contributed by atoms with Gasteiger partial charge in [0, 0.05) is 11.0 Å². The third-order valence-electron chi connectivity index (χ3n) is 3.64. The lowest BCUT2D eigenvalue weighted by Crippen LogP contribution is -2.22. The Morgan fingerprint density at radius 3 is 2.75 bits per heavy atom. The third kappa shape index (κ3) is 4.62. The molecule has 2 aromatic heterocycles. The van der Waals surface area contributed by atoms with E-state index in [1.807, 2.05) is 17.5 Å². The van der Waals surface area contributed by atoms with Crippen LogP contribution in [-0.2, 0) is 30.9 Å². The molecule has 0 aliphatic heterocycles. The van der Waals surface area contributed by atoms with Gasteiger partial charge in [0.25, 0.3) is 5.91 Å². The molecule has 0 saturated carbocycles. The molecule has 2 heterocycles. The second-order valence-corrected chi connectivity index (χ2v) is 9.07. The van der Waals surface area contributed by atoms with Crippen molar-refractivity contribution >= 4 is 60.9 Å². The van der Waals surface area contributed by atoms with Crippen molar-refractivity contribution in [1.82, 2.24) is 4.57 Å². The number of carbonyl (C=O) groups excluding carboxylic acids is 2. The van der Waals surface area contributed by atoms with E-state index < -0.39 is 21.9 Å². The Labute approximate surface area is 168 Å². The summed E-state index contributed by atoms with van der Waals surface area (Å²) in [7, 11) is -2.63. The molecule has 146 valence electrons. The highest BCUT2D eigenvalue weighted by Gasteiger charge is 2.15.